The van der Waals surface area contributed by atoms with Crippen molar-refractivity contribution < 1.29 is 8.42 Å². The molecular formula is C11H15O2S. The summed E-state index contributed by atoms with van der Waals surface area (Å²) in [6.45, 7) is 2.04. The second kappa shape index (κ2) is 5.81. The van der Waals surface area contributed by atoms with E-state index in [0.717, 1.165) is 18.4 Å². The molecule has 0 saturated carbocycles. The minimum atomic E-state index is -2.30. The smallest absolute Gasteiger partial charge is 0.144 e. The fourth-order valence-electron chi connectivity index (χ4n) is 1.27. The van der Waals surface area contributed by atoms with Crippen molar-refractivity contribution in [3.8, 4) is 0 Å². The molecule has 0 heterocycles. The first kappa shape index (κ1) is 11.2. The van der Waals surface area contributed by atoms with E-state index >= 15 is 0 Å². The molecule has 3 heteroatoms. The SMILES string of the molecule is C[CH]CCc1ccc(C[SH](=O)=O)cc1. The van der Waals surface area contributed by atoms with Gasteiger partial charge in [0.05, 0.1) is 5.75 Å². The van der Waals surface area contributed by atoms with Gasteiger partial charge in [0.1, 0.15) is 10.7 Å². The van der Waals surface area contributed by atoms with Crippen LogP contribution in [-0.4, -0.2) is 8.42 Å². The Morgan fingerprint density at radius 2 is 1.71 bits per heavy atom. The van der Waals surface area contributed by atoms with Crippen molar-refractivity contribution in [2.45, 2.75) is 25.5 Å². The molecule has 0 saturated heterocycles. The summed E-state index contributed by atoms with van der Waals surface area (Å²) in [4.78, 5) is 0. The first-order valence-electron chi connectivity index (χ1n) is 4.70. The van der Waals surface area contributed by atoms with Gasteiger partial charge in [0, 0.05) is 0 Å². The zero-order valence-electron chi connectivity index (χ0n) is 8.27. The Bertz CT molecular complexity index is 331. The van der Waals surface area contributed by atoms with Gasteiger partial charge >= 0.3 is 0 Å². The van der Waals surface area contributed by atoms with Gasteiger partial charge in [-0.1, -0.05) is 31.2 Å². The van der Waals surface area contributed by atoms with Crippen molar-refractivity contribution in [2.75, 3.05) is 0 Å². The van der Waals surface area contributed by atoms with Gasteiger partial charge in [-0.25, -0.2) is 8.42 Å². The number of rotatable bonds is 5. The molecule has 1 aromatic carbocycles. The van der Waals surface area contributed by atoms with Crippen LogP contribution in [0.3, 0.4) is 0 Å². The standard InChI is InChI=1S/C11H15O2S/c1-2-3-4-10-5-7-11(8-6-10)9-14(12)13/h2,5-8,14H,3-4,9H2,1H3. The van der Waals surface area contributed by atoms with Crippen molar-refractivity contribution in [2.24, 2.45) is 0 Å². The highest BCUT2D eigenvalue weighted by atomic mass is 32.2. The lowest BCUT2D eigenvalue weighted by Crippen LogP contribution is -1.89. The van der Waals surface area contributed by atoms with Gasteiger partial charge in [0.15, 0.2) is 0 Å². The summed E-state index contributed by atoms with van der Waals surface area (Å²) in [6, 6.07) is 7.77. The molecule has 0 aliphatic heterocycles. The van der Waals surface area contributed by atoms with E-state index in [9.17, 15) is 8.42 Å². The molecule has 0 spiro atoms. The quantitative estimate of drug-likeness (QED) is 0.755. The fourth-order valence-corrected chi connectivity index (χ4v) is 1.78. The lowest BCUT2D eigenvalue weighted by atomic mass is 10.1. The Hall–Kier alpha value is -0.830. The van der Waals surface area contributed by atoms with Gasteiger partial charge < -0.3 is 0 Å². The van der Waals surface area contributed by atoms with Crippen molar-refractivity contribution in [3.63, 3.8) is 0 Å². The van der Waals surface area contributed by atoms with E-state index in [4.69, 9.17) is 0 Å². The van der Waals surface area contributed by atoms with E-state index in [-0.39, 0.29) is 5.75 Å². The summed E-state index contributed by atoms with van der Waals surface area (Å²) in [5, 5.41) is 0. The number of hydrogen-bond acceptors (Lipinski definition) is 2. The summed E-state index contributed by atoms with van der Waals surface area (Å²) in [5.41, 5.74) is 2.12. The largest absolute Gasteiger partial charge is 0.232 e. The van der Waals surface area contributed by atoms with Gasteiger partial charge in [-0.05, 0) is 30.4 Å². The van der Waals surface area contributed by atoms with Crippen LogP contribution >= 0.6 is 0 Å². The van der Waals surface area contributed by atoms with Crippen LogP contribution in [0, 0.1) is 6.42 Å². The predicted octanol–water partition coefficient (Wildman–Crippen LogP) is 1.95. The minimum absolute atomic E-state index is 0.148. The van der Waals surface area contributed by atoms with E-state index in [0.29, 0.717) is 0 Å². The molecule has 1 aromatic rings. The zero-order valence-corrected chi connectivity index (χ0v) is 9.17. The molecule has 77 valence electrons. The second-order valence-corrected chi connectivity index (χ2v) is 4.24. The molecule has 0 amide bonds. The fraction of sp³-hybridized carbons (Fsp3) is 0.364. The van der Waals surface area contributed by atoms with E-state index in [2.05, 4.69) is 6.42 Å². The van der Waals surface area contributed by atoms with Crippen LogP contribution in [-0.2, 0) is 22.9 Å². The van der Waals surface area contributed by atoms with Gasteiger partial charge in [0.2, 0.25) is 0 Å². The van der Waals surface area contributed by atoms with Crippen LogP contribution in [0.4, 0.5) is 0 Å². The molecule has 0 fully saturated rings. The van der Waals surface area contributed by atoms with Crippen LogP contribution < -0.4 is 0 Å². The lowest BCUT2D eigenvalue weighted by Gasteiger charge is -2.00. The summed E-state index contributed by atoms with van der Waals surface area (Å²) >= 11 is 0. The molecule has 2 nitrogen and oxygen atoms in total. The lowest BCUT2D eigenvalue weighted by molar-refractivity contribution is 0.614. The van der Waals surface area contributed by atoms with Crippen LogP contribution in [0.15, 0.2) is 24.3 Å². The Kier molecular flexibility index (Phi) is 4.66. The van der Waals surface area contributed by atoms with Crippen LogP contribution in [0.1, 0.15) is 24.5 Å². The van der Waals surface area contributed by atoms with E-state index in [1.807, 2.05) is 31.2 Å². The molecule has 0 atom stereocenters. The van der Waals surface area contributed by atoms with Crippen molar-refractivity contribution in [1.82, 2.24) is 0 Å². The molecule has 0 bridgehead atoms. The molecule has 14 heavy (non-hydrogen) atoms. The molecule has 0 aromatic heterocycles. The second-order valence-electron chi connectivity index (χ2n) is 3.25. The summed E-state index contributed by atoms with van der Waals surface area (Å²) < 4.78 is 20.9. The third-order valence-corrected chi connectivity index (χ3v) is 2.68. The Morgan fingerprint density at radius 3 is 2.21 bits per heavy atom. The molecule has 1 rings (SSSR count). The average molecular weight is 211 g/mol. The van der Waals surface area contributed by atoms with Crippen molar-refractivity contribution in [3.05, 3.63) is 41.8 Å². The number of benzene rings is 1. The maximum Gasteiger partial charge on any atom is 0.144 e. The molecule has 0 unspecified atom stereocenters. The molecule has 0 aliphatic carbocycles. The highest BCUT2D eigenvalue weighted by molar-refractivity contribution is 7.71. The Labute approximate surface area is 86.9 Å². The normalized spacial score (nSPS) is 10.7. The Morgan fingerprint density at radius 1 is 1.14 bits per heavy atom. The van der Waals surface area contributed by atoms with Gasteiger partial charge in [-0.15, -0.1) is 0 Å². The first-order chi connectivity index (χ1) is 6.72. The number of hydrogen-bond donors (Lipinski definition) is 1. The van der Waals surface area contributed by atoms with Crippen molar-refractivity contribution >= 4 is 10.7 Å². The number of thiol groups is 1. The topological polar surface area (TPSA) is 34.1 Å². The van der Waals surface area contributed by atoms with Crippen LogP contribution in [0.25, 0.3) is 0 Å². The van der Waals surface area contributed by atoms with Crippen molar-refractivity contribution in [1.29, 1.82) is 0 Å². The number of unbranched alkanes of at least 4 members (excludes halogenated alkanes) is 1. The molecular weight excluding hydrogens is 196 g/mol. The van der Waals surface area contributed by atoms with Gasteiger partial charge in [-0.3, -0.25) is 0 Å². The predicted molar refractivity (Wildman–Crippen MR) is 58.8 cm³/mol. The van der Waals surface area contributed by atoms with Gasteiger partial charge in [-0.2, -0.15) is 0 Å². The summed E-state index contributed by atoms with van der Waals surface area (Å²) in [6.07, 6.45) is 4.22. The third kappa shape index (κ3) is 3.92. The van der Waals surface area contributed by atoms with E-state index in [1.54, 1.807) is 0 Å². The maximum absolute atomic E-state index is 10.5. The molecule has 0 aliphatic rings. The monoisotopic (exact) mass is 211 g/mol. The molecule has 0 N–H and O–H groups in total. The highest BCUT2D eigenvalue weighted by Gasteiger charge is 1.95. The maximum atomic E-state index is 10.5. The first-order valence-corrected chi connectivity index (χ1v) is 6.06. The Balaban J connectivity index is 2.59. The summed E-state index contributed by atoms with van der Waals surface area (Å²) in [7, 11) is -2.30. The van der Waals surface area contributed by atoms with Gasteiger partial charge in [0.25, 0.3) is 0 Å². The molecule has 1 radical (unpaired) electrons. The van der Waals surface area contributed by atoms with Crippen LogP contribution in [0.5, 0.6) is 0 Å². The average Bonchev–Trinajstić information content (AvgIpc) is 2.16. The highest BCUT2D eigenvalue weighted by Crippen LogP contribution is 2.08. The minimum Gasteiger partial charge on any atom is -0.232 e. The summed E-state index contributed by atoms with van der Waals surface area (Å²) in [5.74, 6) is 0.148. The third-order valence-electron chi connectivity index (χ3n) is 2.06. The van der Waals surface area contributed by atoms with E-state index in [1.165, 1.54) is 5.56 Å². The zero-order chi connectivity index (χ0) is 10.4. The van der Waals surface area contributed by atoms with Crippen LogP contribution in [0.2, 0.25) is 0 Å². The van der Waals surface area contributed by atoms with E-state index < -0.39 is 10.7 Å². The number of aryl methyl sites for hydroxylation is 1.